The van der Waals surface area contributed by atoms with Crippen molar-refractivity contribution in [2.45, 2.75) is 13.3 Å². The molecule has 0 bridgehead atoms. The number of hydrogen-bond acceptors (Lipinski definition) is 4. The lowest BCUT2D eigenvalue weighted by Gasteiger charge is -2.12. The predicted octanol–water partition coefficient (Wildman–Crippen LogP) is 1.96. The molecule has 0 aliphatic carbocycles. The van der Waals surface area contributed by atoms with Gasteiger partial charge in [0.05, 0.1) is 6.54 Å². The molecule has 0 radical (unpaired) electrons. The molecule has 0 atom stereocenters. The van der Waals surface area contributed by atoms with Gasteiger partial charge in [-0.15, -0.1) is 0 Å². The molecule has 1 aromatic carbocycles. The minimum Gasteiger partial charge on any atom is -0.447 e. The summed E-state index contributed by atoms with van der Waals surface area (Å²) in [7, 11) is 0. The first kappa shape index (κ1) is 11.4. The van der Waals surface area contributed by atoms with Gasteiger partial charge < -0.3 is 9.47 Å². The average molecular weight is 235 g/mol. The van der Waals surface area contributed by atoms with Crippen molar-refractivity contribution < 1.29 is 19.1 Å². The summed E-state index contributed by atoms with van der Waals surface area (Å²) in [6.07, 6.45) is -0.0106. The summed E-state index contributed by atoms with van der Waals surface area (Å²) in [6, 6.07) is 6.78. The van der Waals surface area contributed by atoms with E-state index >= 15 is 0 Å². The number of hydrogen-bond donors (Lipinski definition) is 0. The van der Waals surface area contributed by atoms with Crippen molar-refractivity contribution in [2.24, 2.45) is 0 Å². The number of benzene rings is 1. The molecule has 1 aromatic rings. The van der Waals surface area contributed by atoms with Crippen LogP contribution in [0.15, 0.2) is 24.3 Å². The van der Waals surface area contributed by atoms with E-state index < -0.39 is 0 Å². The number of nitrogens with zero attached hydrogens (tertiary/aromatic N) is 1. The summed E-state index contributed by atoms with van der Waals surface area (Å²) in [6.45, 7) is 2.69. The second-order valence-electron chi connectivity index (χ2n) is 3.59. The lowest BCUT2D eigenvalue weighted by molar-refractivity contribution is -0.134. The van der Waals surface area contributed by atoms with E-state index in [1.165, 1.54) is 4.90 Å². The number of anilines is 1. The fourth-order valence-corrected chi connectivity index (χ4v) is 1.53. The van der Waals surface area contributed by atoms with Crippen LogP contribution in [0.5, 0.6) is 5.75 Å². The van der Waals surface area contributed by atoms with Crippen LogP contribution in [0.2, 0.25) is 0 Å². The molecule has 1 fully saturated rings. The SMILES string of the molecule is CCC(=O)Oc1ccc(N2CCOC2=O)cc1. The van der Waals surface area contributed by atoms with E-state index in [0.717, 1.165) is 5.69 Å². The van der Waals surface area contributed by atoms with Gasteiger partial charge in [-0.25, -0.2) is 4.79 Å². The first-order chi connectivity index (χ1) is 8.20. The molecular weight excluding hydrogens is 222 g/mol. The number of rotatable bonds is 3. The molecule has 17 heavy (non-hydrogen) atoms. The van der Waals surface area contributed by atoms with E-state index in [9.17, 15) is 9.59 Å². The van der Waals surface area contributed by atoms with Gasteiger partial charge in [-0.05, 0) is 24.3 Å². The highest BCUT2D eigenvalue weighted by molar-refractivity contribution is 5.89. The largest absolute Gasteiger partial charge is 0.447 e. The summed E-state index contributed by atoms with van der Waals surface area (Å²) in [5.41, 5.74) is 0.740. The number of ether oxygens (including phenoxy) is 2. The molecule has 1 heterocycles. The Labute approximate surface area is 98.9 Å². The van der Waals surface area contributed by atoms with Crippen molar-refractivity contribution >= 4 is 17.7 Å². The zero-order chi connectivity index (χ0) is 12.3. The predicted molar refractivity (Wildman–Crippen MR) is 61.1 cm³/mol. The molecule has 5 nitrogen and oxygen atoms in total. The highest BCUT2D eigenvalue weighted by Gasteiger charge is 2.23. The zero-order valence-corrected chi connectivity index (χ0v) is 9.51. The van der Waals surface area contributed by atoms with Gasteiger partial charge >= 0.3 is 12.1 Å². The third kappa shape index (κ3) is 2.55. The monoisotopic (exact) mass is 235 g/mol. The Morgan fingerprint density at radius 1 is 1.41 bits per heavy atom. The van der Waals surface area contributed by atoms with Crippen molar-refractivity contribution in [2.75, 3.05) is 18.1 Å². The Morgan fingerprint density at radius 2 is 2.12 bits per heavy atom. The van der Waals surface area contributed by atoms with Crippen molar-refractivity contribution in [1.29, 1.82) is 0 Å². The van der Waals surface area contributed by atoms with Crippen LogP contribution in [0.25, 0.3) is 0 Å². The number of carbonyl (C=O) groups excluding carboxylic acids is 2. The number of cyclic esters (lactones) is 1. The maximum Gasteiger partial charge on any atom is 0.414 e. The molecule has 5 heteroatoms. The van der Waals surface area contributed by atoms with E-state index in [0.29, 0.717) is 25.3 Å². The first-order valence-electron chi connectivity index (χ1n) is 5.45. The molecule has 0 unspecified atom stereocenters. The second-order valence-corrected chi connectivity index (χ2v) is 3.59. The fourth-order valence-electron chi connectivity index (χ4n) is 1.53. The third-order valence-electron chi connectivity index (χ3n) is 2.43. The molecule has 90 valence electrons. The maximum atomic E-state index is 11.3. The van der Waals surface area contributed by atoms with Gasteiger partial charge in [-0.3, -0.25) is 9.69 Å². The van der Waals surface area contributed by atoms with Crippen LogP contribution >= 0.6 is 0 Å². The topological polar surface area (TPSA) is 55.8 Å². The summed E-state index contributed by atoms with van der Waals surface area (Å²) in [4.78, 5) is 23.9. The van der Waals surface area contributed by atoms with Gasteiger partial charge in [0, 0.05) is 12.1 Å². The summed E-state index contributed by atoms with van der Waals surface area (Å²) in [5, 5.41) is 0. The Hall–Kier alpha value is -2.04. The zero-order valence-electron chi connectivity index (χ0n) is 9.51. The second kappa shape index (κ2) is 4.86. The van der Waals surface area contributed by atoms with Crippen LogP contribution in [0, 0.1) is 0 Å². The molecule has 0 saturated carbocycles. The van der Waals surface area contributed by atoms with E-state index in [4.69, 9.17) is 9.47 Å². The van der Waals surface area contributed by atoms with E-state index in [-0.39, 0.29) is 12.1 Å². The Balaban J connectivity index is 2.07. The molecule has 1 aliphatic heterocycles. The normalized spacial score (nSPS) is 14.6. The smallest absolute Gasteiger partial charge is 0.414 e. The lowest BCUT2D eigenvalue weighted by Crippen LogP contribution is -2.23. The van der Waals surface area contributed by atoms with Gasteiger partial charge in [0.25, 0.3) is 0 Å². The highest BCUT2D eigenvalue weighted by atomic mass is 16.6. The van der Waals surface area contributed by atoms with Crippen LogP contribution in [0.4, 0.5) is 10.5 Å². The van der Waals surface area contributed by atoms with E-state index in [2.05, 4.69) is 0 Å². The Kier molecular flexibility index (Phi) is 3.27. The summed E-state index contributed by atoms with van der Waals surface area (Å²) >= 11 is 0. The van der Waals surface area contributed by atoms with Gasteiger partial charge in [0.2, 0.25) is 0 Å². The van der Waals surface area contributed by atoms with Crippen LogP contribution in [-0.4, -0.2) is 25.2 Å². The van der Waals surface area contributed by atoms with Crippen molar-refractivity contribution in [1.82, 2.24) is 0 Å². The molecular formula is C12H13NO4. The fraction of sp³-hybridized carbons (Fsp3) is 0.333. The Bertz CT molecular complexity index is 427. The molecule has 1 saturated heterocycles. The number of carbonyl (C=O) groups is 2. The van der Waals surface area contributed by atoms with Crippen LogP contribution < -0.4 is 9.64 Å². The van der Waals surface area contributed by atoms with Crippen LogP contribution in [0.1, 0.15) is 13.3 Å². The maximum absolute atomic E-state index is 11.3. The highest BCUT2D eigenvalue weighted by Crippen LogP contribution is 2.22. The summed E-state index contributed by atoms with van der Waals surface area (Å²) in [5.74, 6) is 0.200. The van der Waals surface area contributed by atoms with Gasteiger partial charge in [-0.1, -0.05) is 6.92 Å². The standard InChI is InChI=1S/C12H13NO4/c1-2-11(14)17-10-5-3-9(4-6-10)13-7-8-16-12(13)15/h3-6H,2,7-8H2,1H3. The van der Waals surface area contributed by atoms with Gasteiger partial charge in [-0.2, -0.15) is 0 Å². The molecule has 0 spiro atoms. The molecule has 0 N–H and O–H groups in total. The molecule has 1 aliphatic rings. The minimum absolute atomic E-state index is 0.279. The summed E-state index contributed by atoms with van der Waals surface area (Å²) < 4.78 is 9.87. The molecule has 1 amide bonds. The Morgan fingerprint density at radius 3 is 2.65 bits per heavy atom. The van der Waals surface area contributed by atoms with E-state index in [1.807, 2.05) is 0 Å². The molecule has 2 rings (SSSR count). The quantitative estimate of drug-likeness (QED) is 0.593. The number of amides is 1. The van der Waals surface area contributed by atoms with Crippen molar-refractivity contribution in [3.05, 3.63) is 24.3 Å². The minimum atomic E-state index is -0.344. The van der Waals surface area contributed by atoms with Gasteiger partial charge in [0.1, 0.15) is 12.4 Å². The lowest BCUT2D eigenvalue weighted by atomic mass is 10.3. The third-order valence-corrected chi connectivity index (χ3v) is 2.43. The first-order valence-corrected chi connectivity index (χ1v) is 5.45. The molecule has 0 aromatic heterocycles. The van der Waals surface area contributed by atoms with Crippen LogP contribution in [-0.2, 0) is 9.53 Å². The van der Waals surface area contributed by atoms with Crippen molar-refractivity contribution in [3.8, 4) is 5.75 Å². The van der Waals surface area contributed by atoms with Crippen molar-refractivity contribution in [3.63, 3.8) is 0 Å². The van der Waals surface area contributed by atoms with Crippen LogP contribution in [0.3, 0.4) is 0 Å². The number of esters is 1. The average Bonchev–Trinajstić information content (AvgIpc) is 2.76. The van der Waals surface area contributed by atoms with Gasteiger partial charge in [0.15, 0.2) is 0 Å². The van der Waals surface area contributed by atoms with E-state index in [1.54, 1.807) is 31.2 Å².